The summed E-state index contributed by atoms with van der Waals surface area (Å²) in [4.78, 5) is 6.02. The highest BCUT2D eigenvalue weighted by Crippen LogP contribution is 2.29. The highest BCUT2D eigenvalue weighted by atomic mass is 32.2. The lowest BCUT2D eigenvalue weighted by Crippen LogP contribution is -2.06. The predicted molar refractivity (Wildman–Crippen MR) is 77.7 cm³/mol. The van der Waals surface area contributed by atoms with Crippen molar-refractivity contribution in [2.24, 2.45) is 4.99 Å². The van der Waals surface area contributed by atoms with Crippen molar-refractivity contribution in [3.8, 4) is 0 Å². The molecule has 0 aliphatic carbocycles. The zero-order valence-electron chi connectivity index (χ0n) is 10.6. The quantitative estimate of drug-likeness (QED) is 0.483. The van der Waals surface area contributed by atoms with Gasteiger partial charge in [0.25, 0.3) is 0 Å². The maximum Gasteiger partial charge on any atom is 0.233 e. The first-order chi connectivity index (χ1) is 9.13. The van der Waals surface area contributed by atoms with Crippen molar-refractivity contribution in [3.63, 3.8) is 0 Å². The predicted octanol–water partition coefficient (Wildman–Crippen LogP) is 3.19. The summed E-state index contributed by atoms with van der Waals surface area (Å²) in [6.07, 6.45) is 1.69. The highest BCUT2D eigenvalue weighted by Gasteiger charge is 2.04. The molecule has 0 radical (unpaired) electrons. The van der Waals surface area contributed by atoms with Crippen LogP contribution >= 0.6 is 23.1 Å². The van der Waals surface area contributed by atoms with E-state index < -0.39 is 0 Å². The molecule has 0 N–H and O–H groups in total. The molecule has 7 heteroatoms. The van der Waals surface area contributed by atoms with Crippen molar-refractivity contribution in [2.75, 3.05) is 14.1 Å². The number of aliphatic imine (C=N–C) groups is 1. The Hall–Kier alpha value is -1.47. The van der Waals surface area contributed by atoms with E-state index in [0.717, 1.165) is 15.7 Å². The second-order valence-electron chi connectivity index (χ2n) is 3.97. The van der Waals surface area contributed by atoms with Gasteiger partial charge in [-0.05, 0) is 17.7 Å². The Kier molecular flexibility index (Phi) is 4.86. The fourth-order valence-electron chi connectivity index (χ4n) is 1.20. The Balaban J connectivity index is 1.91. The van der Waals surface area contributed by atoms with Gasteiger partial charge in [0, 0.05) is 19.8 Å². The molecule has 1 aromatic carbocycles. The van der Waals surface area contributed by atoms with Crippen LogP contribution in [0.1, 0.15) is 5.56 Å². The molecule has 0 unspecified atom stereocenters. The Morgan fingerprint density at radius 2 is 2.05 bits per heavy atom. The van der Waals surface area contributed by atoms with Crippen LogP contribution in [0.4, 0.5) is 9.52 Å². The van der Waals surface area contributed by atoms with Crippen LogP contribution in [0.15, 0.2) is 33.6 Å². The van der Waals surface area contributed by atoms with Crippen LogP contribution in [-0.2, 0) is 5.75 Å². The average Bonchev–Trinajstić information content (AvgIpc) is 2.84. The molecule has 0 saturated heterocycles. The summed E-state index contributed by atoms with van der Waals surface area (Å²) in [5.41, 5.74) is 1.06. The van der Waals surface area contributed by atoms with Crippen molar-refractivity contribution < 1.29 is 4.39 Å². The van der Waals surface area contributed by atoms with Crippen LogP contribution in [0.5, 0.6) is 0 Å². The first-order valence-corrected chi connectivity index (χ1v) is 7.35. The summed E-state index contributed by atoms with van der Waals surface area (Å²) >= 11 is 3.01. The average molecular weight is 296 g/mol. The third-order valence-electron chi connectivity index (χ3n) is 2.07. The molecule has 0 saturated carbocycles. The first kappa shape index (κ1) is 14.0. The third-order valence-corrected chi connectivity index (χ3v) is 4.11. The molecule has 0 atom stereocenters. The normalized spacial score (nSPS) is 11.1. The van der Waals surface area contributed by atoms with Gasteiger partial charge >= 0.3 is 0 Å². The molecule has 4 nitrogen and oxygen atoms in total. The minimum atomic E-state index is -0.218. The van der Waals surface area contributed by atoms with E-state index in [1.54, 1.807) is 30.2 Å². The van der Waals surface area contributed by atoms with Crippen molar-refractivity contribution in [2.45, 2.75) is 10.1 Å². The second-order valence-corrected chi connectivity index (χ2v) is 6.15. The molecule has 0 amide bonds. The summed E-state index contributed by atoms with van der Waals surface area (Å²) in [5.74, 6) is 0.525. The highest BCUT2D eigenvalue weighted by molar-refractivity contribution is 8.00. The van der Waals surface area contributed by atoms with Crippen LogP contribution in [0, 0.1) is 5.82 Å². The lowest BCUT2D eigenvalue weighted by atomic mass is 10.2. The van der Waals surface area contributed by atoms with E-state index >= 15 is 0 Å². The lowest BCUT2D eigenvalue weighted by Gasteiger charge is -1.99. The van der Waals surface area contributed by atoms with E-state index in [-0.39, 0.29) is 5.82 Å². The summed E-state index contributed by atoms with van der Waals surface area (Å²) in [6, 6.07) is 6.47. The monoisotopic (exact) mass is 296 g/mol. The third kappa shape index (κ3) is 4.60. The maximum atomic E-state index is 12.8. The molecule has 0 fully saturated rings. The van der Waals surface area contributed by atoms with Crippen LogP contribution in [0.25, 0.3) is 0 Å². The van der Waals surface area contributed by atoms with Gasteiger partial charge in [-0.25, -0.2) is 9.38 Å². The molecule has 1 aromatic heterocycles. The number of benzene rings is 1. The zero-order chi connectivity index (χ0) is 13.7. The minimum absolute atomic E-state index is 0.218. The molecule has 0 spiro atoms. The molecule has 0 bridgehead atoms. The largest absolute Gasteiger partial charge is 0.369 e. The van der Waals surface area contributed by atoms with Gasteiger partial charge in [-0.2, -0.15) is 0 Å². The fourth-order valence-corrected chi connectivity index (χ4v) is 2.84. The Labute approximate surface area is 119 Å². The second kappa shape index (κ2) is 6.63. The fraction of sp³-hybridized carbons (Fsp3) is 0.250. The molecule has 2 aromatic rings. The van der Waals surface area contributed by atoms with E-state index in [9.17, 15) is 4.39 Å². The van der Waals surface area contributed by atoms with Gasteiger partial charge in [-0.15, -0.1) is 10.2 Å². The van der Waals surface area contributed by atoms with Crippen LogP contribution in [-0.4, -0.2) is 35.5 Å². The van der Waals surface area contributed by atoms with Gasteiger partial charge in [-0.1, -0.05) is 35.2 Å². The molecular weight excluding hydrogens is 283 g/mol. The lowest BCUT2D eigenvalue weighted by molar-refractivity contribution is 0.627. The topological polar surface area (TPSA) is 41.4 Å². The number of aromatic nitrogens is 2. The minimum Gasteiger partial charge on any atom is -0.369 e. The van der Waals surface area contributed by atoms with E-state index in [1.165, 1.54) is 23.5 Å². The number of halogens is 1. The zero-order valence-corrected chi connectivity index (χ0v) is 12.2. The smallest absolute Gasteiger partial charge is 0.233 e. The van der Waals surface area contributed by atoms with Crippen molar-refractivity contribution in [3.05, 3.63) is 35.6 Å². The van der Waals surface area contributed by atoms with E-state index in [4.69, 9.17) is 0 Å². The van der Waals surface area contributed by atoms with Gasteiger partial charge in [-0.3, -0.25) is 0 Å². The van der Waals surface area contributed by atoms with Crippen molar-refractivity contribution in [1.82, 2.24) is 15.1 Å². The molecule has 19 heavy (non-hydrogen) atoms. The van der Waals surface area contributed by atoms with Crippen molar-refractivity contribution >= 4 is 34.6 Å². The Bertz CT molecular complexity index is 551. The standard InChI is InChI=1S/C12H13FN4S2/c1-17(2)8-14-11-15-16-12(19-11)18-7-9-3-5-10(13)6-4-9/h3-6,8H,7H2,1-2H3. The summed E-state index contributed by atoms with van der Waals surface area (Å²) in [7, 11) is 3.80. The van der Waals surface area contributed by atoms with E-state index in [1.807, 2.05) is 19.0 Å². The first-order valence-electron chi connectivity index (χ1n) is 5.55. The van der Waals surface area contributed by atoms with Crippen LogP contribution in [0.2, 0.25) is 0 Å². The molecule has 1 heterocycles. The SMILES string of the molecule is CN(C)C=Nc1nnc(SCc2ccc(F)cc2)s1. The Morgan fingerprint density at radius 1 is 1.32 bits per heavy atom. The summed E-state index contributed by atoms with van der Waals surface area (Å²) in [5, 5.41) is 8.66. The number of hydrogen-bond acceptors (Lipinski definition) is 5. The number of thioether (sulfide) groups is 1. The van der Waals surface area contributed by atoms with Gasteiger partial charge < -0.3 is 4.90 Å². The summed E-state index contributed by atoms with van der Waals surface area (Å²) < 4.78 is 13.6. The summed E-state index contributed by atoms with van der Waals surface area (Å²) in [6.45, 7) is 0. The molecule has 100 valence electrons. The van der Waals surface area contributed by atoms with Gasteiger partial charge in [0.15, 0.2) is 4.34 Å². The maximum absolute atomic E-state index is 12.8. The van der Waals surface area contributed by atoms with E-state index in [2.05, 4.69) is 15.2 Å². The number of rotatable bonds is 5. The van der Waals surface area contributed by atoms with Gasteiger partial charge in [0.2, 0.25) is 5.13 Å². The van der Waals surface area contributed by atoms with Crippen LogP contribution in [0.3, 0.4) is 0 Å². The Morgan fingerprint density at radius 3 is 2.74 bits per heavy atom. The van der Waals surface area contributed by atoms with Gasteiger partial charge in [0.05, 0.1) is 6.34 Å². The molecule has 0 aliphatic rings. The van der Waals surface area contributed by atoms with Gasteiger partial charge in [0.1, 0.15) is 5.82 Å². The van der Waals surface area contributed by atoms with Crippen LogP contribution < -0.4 is 0 Å². The molecule has 0 aliphatic heterocycles. The number of hydrogen-bond donors (Lipinski definition) is 0. The molecular formula is C12H13FN4S2. The molecule has 2 rings (SSSR count). The number of nitrogens with zero attached hydrogens (tertiary/aromatic N) is 4. The van der Waals surface area contributed by atoms with Crippen molar-refractivity contribution in [1.29, 1.82) is 0 Å². The van der Waals surface area contributed by atoms with E-state index in [0.29, 0.717) is 5.13 Å².